The third-order valence-electron chi connectivity index (χ3n) is 3.83. The van der Waals surface area contributed by atoms with Crippen LogP contribution in [0.25, 0.3) is 0 Å². The second kappa shape index (κ2) is 4.87. The summed E-state index contributed by atoms with van der Waals surface area (Å²) in [6.45, 7) is 0. The van der Waals surface area contributed by atoms with Gasteiger partial charge in [-0.1, -0.05) is 42.6 Å². The lowest BCUT2D eigenvalue weighted by atomic mass is 9.83. The minimum Gasteiger partial charge on any atom is -0.377 e. The van der Waals surface area contributed by atoms with Crippen molar-refractivity contribution < 1.29 is 9.53 Å². The number of allylic oxidation sites excluding steroid dienone is 1. The number of ether oxygens (including phenoxy) is 1. The van der Waals surface area contributed by atoms with Crippen molar-refractivity contribution in [2.24, 2.45) is 11.8 Å². The van der Waals surface area contributed by atoms with Gasteiger partial charge in [0.15, 0.2) is 0 Å². The molecular weight excluding hydrogens is 258 g/mol. The Balaban J connectivity index is 1.99. The molecule has 3 rings (SSSR count). The molecule has 1 saturated heterocycles. The Morgan fingerprint density at radius 3 is 2.74 bits per heavy atom. The standard InChI is InChI=1S/C15H15NO2S/c1-18-12-9-5-8-11-13(12)15(19)16(14(11)17)10-6-3-2-4-7-10/h2-7,9,11-13H,8H2,1H3/t11-,12+,13-/m0/s1. The van der Waals surface area contributed by atoms with E-state index < -0.39 is 0 Å². The number of thiocarbonyl (C=S) groups is 1. The summed E-state index contributed by atoms with van der Waals surface area (Å²) in [4.78, 5) is 14.9. The number of amides is 1. The predicted octanol–water partition coefficient (Wildman–Crippen LogP) is 2.57. The van der Waals surface area contributed by atoms with Crippen LogP contribution in [0.2, 0.25) is 0 Å². The van der Waals surface area contributed by atoms with Crippen LogP contribution < -0.4 is 4.90 Å². The van der Waals surface area contributed by atoms with Crippen LogP contribution in [0.5, 0.6) is 0 Å². The third kappa shape index (κ3) is 1.91. The zero-order chi connectivity index (χ0) is 13.4. The van der Waals surface area contributed by atoms with E-state index >= 15 is 0 Å². The van der Waals surface area contributed by atoms with Crippen LogP contribution in [0.15, 0.2) is 42.5 Å². The van der Waals surface area contributed by atoms with Crippen molar-refractivity contribution in [2.45, 2.75) is 12.5 Å². The first-order valence-corrected chi connectivity index (χ1v) is 6.77. The maximum Gasteiger partial charge on any atom is 0.236 e. The molecule has 1 aliphatic heterocycles. The molecule has 4 heteroatoms. The molecule has 19 heavy (non-hydrogen) atoms. The van der Waals surface area contributed by atoms with Crippen molar-refractivity contribution in [2.75, 3.05) is 12.0 Å². The Hall–Kier alpha value is -1.52. The molecule has 0 aromatic heterocycles. The van der Waals surface area contributed by atoms with Gasteiger partial charge in [0.25, 0.3) is 0 Å². The summed E-state index contributed by atoms with van der Waals surface area (Å²) in [7, 11) is 1.66. The molecule has 3 nitrogen and oxygen atoms in total. The zero-order valence-electron chi connectivity index (χ0n) is 10.7. The van der Waals surface area contributed by atoms with Gasteiger partial charge in [-0.05, 0) is 18.6 Å². The predicted molar refractivity (Wildman–Crippen MR) is 78.1 cm³/mol. The highest BCUT2D eigenvalue weighted by molar-refractivity contribution is 7.80. The molecule has 0 saturated carbocycles. The Morgan fingerprint density at radius 1 is 1.32 bits per heavy atom. The van der Waals surface area contributed by atoms with E-state index in [1.165, 1.54) is 0 Å². The van der Waals surface area contributed by atoms with E-state index in [-0.39, 0.29) is 23.8 Å². The van der Waals surface area contributed by atoms with Gasteiger partial charge in [-0.15, -0.1) is 0 Å². The molecule has 98 valence electrons. The number of para-hydroxylation sites is 1. The first kappa shape index (κ1) is 12.5. The van der Waals surface area contributed by atoms with Crippen LogP contribution in [0.3, 0.4) is 0 Å². The van der Waals surface area contributed by atoms with Gasteiger partial charge in [0, 0.05) is 12.8 Å². The maximum absolute atomic E-state index is 12.6. The number of benzene rings is 1. The average Bonchev–Trinajstić information content (AvgIpc) is 2.72. The molecule has 0 unspecified atom stereocenters. The zero-order valence-corrected chi connectivity index (χ0v) is 11.5. The minimum absolute atomic E-state index is 0.0160. The monoisotopic (exact) mass is 273 g/mol. The number of hydrogen-bond donors (Lipinski definition) is 0. The number of rotatable bonds is 2. The molecule has 1 aromatic carbocycles. The van der Waals surface area contributed by atoms with Crippen molar-refractivity contribution in [3.05, 3.63) is 42.5 Å². The molecule has 1 heterocycles. The van der Waals surface area contributed by atoms with Crippen LogP contribution in [0, 0.1) is 11.8 Å². The van der Waals surface area contributed by atoms with Crippen LogP contribution in [-0.4, -0.2) is 24.1 Å². The summed E-state index contributed by atoms with van der Waals surface area (Å²) < 4.78 is 5.45. The van der Waals surface area contributed by atoms with E-state index in [4.69, 9.17) is 17.0 Å². The number of methoxy groups -OCH3 is 1. The SMILES string of the molecule is CO[C@@H]1C=CC[C@@H]2C(=O)N(c3ccccc3)C(=S)[C@@H]21. The van der Waals surface area contributed by atoms with Gasteiger partial charge in [0.2, 0.25) is 5.91 Å². The molecule has 1 aromatic rings. The van der Waals surface area contributed by atoms with E-state index in [0.29, 0.717) is 4.99 Å². The topological polar surface area (TPSA) is 29.5 Å². The second-order valence-electron chi connectivity index (χ2n) is 4.84. The van der Waals surface area contributed by atoms with E-state index in [9.17, 15) is 4.79 Å². The van der Waals surface area contributed by atoms with Crippen LogP contribution in [0.4, 0.5) is 5.69 Å². The summed E-state index contributed by atoms with van der Waals surface area (Å²) in [6, 6.07) is 9.59. The molecule has 0 spiro atoms. The highest BCUT2D eigenvalue weighted by Crippen LogP contribution is 2.39. The third-order valence-corrected chi connectivity index (χ3v) is 4.29. The summed E-state index contributed by atoms with van der Waals surface area (Å²) in [5.41, 5.74) is 0.849. The average molecular weight is 273 g/mol. The lowest BCUT2D eigenvalue weighted by molar-refractivity contribution is -0.121. The number of carbonyl (C=O) groups is 1. The van der Waals surface area contributed by atoms with Gasteiger partial charge in [0.05, 0.1) is 22.9 Å². The van der Waals surface area contributed by atoms with Crippen molar-refractivity contribution in [1.29, 1.82) is 0 Å². The van der Waals surface area contributed by atoms with Crippen molar-refractivity contribution in [3.63, 3.8) is 0 Å². The van der Waals surface area contributed by atoms with Gasteiger partial charge in [-0.3, -0.25) is 9.69 Å². The van der Waals surface area contributed by atoms with Gasteiger partial charge in [-0.2, -0.15) is 0 Å². The highest BCUT2D eigenvalue weighted by Gasteiger charge is 2.49. The Bertz CT molecular complexity index is 540. The van der Waals surface area contributed by atoms with Crippen molar-refractivity contribution in [3.8, 4) is 0 Å². The summed E-state index contributed by atoms with van der Waals surface area (Å²) in [5.74, 6) is -0.00652. The number of anilines is 1. The van der Waals surface area contributed by atoms with Crippen LogP contribution in [-0.2, 0) is 9.53 Å². The fourth-order valence-electron chi connectivity index (χ4n) is 2.90. The molecular formula is C15H15NO2S. The second-order valence-corrected chi connectivity index (χ2v) is 5.26. The summed E-state index contributed by atoms with van der Waals surface area (Å²) in [6.07, 6.45) is 4.68. The Kier molecular flexibility index (Phi) is 3.21. The first-order chi connectivity index (χ1) is 9.24. The lowest BCUT2D eigenvalue weighted by Crippen LogP contribution is -2.33. The van der Waals surface area contributed by atoms with Crippen molar-refractivity contribution >= 4 is 28.8 Å². The van der Waals surface area contributed by atoms with Gasteiger partial charge in [0.1, 0.15) is 0 Å². The molecule has 0 N–H and O–H groups in total. The smallest absolute Gasteiger partial charge is 0.236 e. The molecule has 2 aliphatic rings. The first-order valence-electron chi connectivity index (χ1n) is 6.36. The summed E-state index contributed by atoms with van der Waals surface area (Å²) >= 11 is 5.53. The molecule has 1 fully saturated rings. The number of carbonyl (C=O) groups excluding carboxylic acids is 1. The minimum atomic E-state index is -0.0936. The lowest BCUT2D eigenvalue weighted by Gasteiger charge is -2.26. The van der Waals surface area contributed by atoms with Crippen LogP contribution in [0.1, 0.15) is 6.42 Å². The van der Waals surface area contributed by atoms with Gasteiger partial charge < -0.3 is 4.74 Å². The molecule has 3 atom stereocenters. The van der Waals surface area contributed by atoms with Gasteiger partial charge in [-0.25, -0.2) is 0 Å². The quantitative estimate of drug-likeness (QED) is 0.612. The van der Waals surface area contributed by atoms with E-state index in [1.54, 1.807) is 12.0 Å². The number of fused-ring (bicyclic) bond motifs is 1. The number of hydrogen-bond acceptors (Lipinski definition) is 3. The van der Waals surface area contributed by atoms with E-state index in [2.05, 4.69) is 0 Å². The molecule has 0 bridgehead atoms. The summed E-state index contributed by atoms with van der Waals surface area (Å²) in [5, 5.41) is 0. The molecule has 0 radical (unpaired) electrons. The van der Waals surface area contributed by atoms with E-state index in [1.807, 2.05) is 42.5 Å². The Morgan fingerprint density at radius 2 is 2.05 bits per heavy atom. The molecule has 1 amide bonds. The van der Waals surface area contributed by atoms with Crippen LogP contribution >= 0.6 is 12.2 Å². The maximum atomic E-state index is 12.6. The Labute approximate surface area is 117 Å². The van der Waals surface area contributed by atoms with E-state index in [0.717, 1.165) is 12.1 Å². The largest absolute Gasteiger partial charge is 0.377 e. The van der Waals surface area contributed by atoms with Crippen molar-refractivity contribution in [1.82, 2.24) is 0 Å². The molecule has 1 aliphatic carbocycles. The number of nitrogens with zero attached hydrogens (tertiary/aromatic N) is 1. The fraction of sp³-hybridized carbons (Fsp3) is 0.333. The highest BCUT2D eigenvalue weighted by atomic mass is 32.1. The normalized spacial score (nSPS) is 29.7. The van der Waals surface area contributed by atoms with Gasteiger partial charge >= 0.3 is 0 Å². The fourth-order valence-corrected chi connectivity index (χ4v) is 3.40.